The second-order valence-electron chi connectivity index (χ2n) is 6.82. The second kappa shape index (κ2) is 9.17. The first-order valence-electron chi connectivity index (χ1n) is 9.33. The molecule has 0 bridgehead atoms. The van der Waals surface area contributed by atoms with E-state index < -0.39 is 11.4 Å². The number of rotatable bonds is 2. The number of aromatic nitrogens is 1. The Hall–Kier alpha value is -2.75. The minimum atomic E-state index is -1.64. The van der Waals surface area contributed by atoms with Crippen LogP contribution in [0.25, 0.3) is 6.08 Å². The second-order valence-corrected chi connectivity index (χ2v) is 9.12. The van der Waals surface area contributed by atoms with Crippen molar-refractivity contribution in [1.82, 2.24) is 4.98 Å². The molecule has 0 aliphatic carbocycles. The van der Waals surface area contributed by atoms with Crippen molar-refractivity contribution in [3.05, 3.63) is 98.1 Å². The van der Waals surface area contributed by atoms with Crippen LogP contribution in [0.5, 0.6) is 0 Å². The Labute approximate surface area is 193 Å². The summed E-state index contributed by atoms with van der Waals surface area (Å²) in [5, 5.41) is 0.780. The van der Waals surface area contributed by atoms with Gasteiger partial charge in [-0.15, -0.1) is 0 Å². The molecule has 4 rings (SSSR count). The highest BCUT2D eigenvalue weighted by molar-refractivity contribution is 7.97. The molecule has 0 fully saturated rings. The molecule has 2 heterocycles. The summed E-state index contributed by atoms with van der Waals surface area (Å²) in [6.45, 7) is 0. The summed E-state index contributed by atoms with van der Waals surface area (Å²) in [6.07, 6.45) is 5.63. The van der Waals surface area contributed by atoms with Crippen LogP contribution in [0.2, 0.25) is 10.0 Å². The zero-order chi connectivity index (χ0) is 22.0. The monoisotopic (exact) mass is 466 g/mol. The lowest BCUT2D eigenvalue weighted by Gasteiger charge is -2.29. The summed E-state index contributed by atoms with van der Waals surface area (Å²) in [6, 6.07) is 14.2. The number of halogens is 2. The predicted octanol–water partition coefficient (Wildman–Crippen LogP) is 5.32. The van der Waals surface area contributed by atoms with Crippen LogP contribution in [0.1, 0.15) is 27.0 Å². The summed E-state index contributed by atoms with van der Waals surface area (Å²) in [5.74, 6) is 5.92. The summed E-state index contributed by atoms with van der Waals surface area (Å²) >= 11 is 10.4. The number of ketones is 1. The van der Waals surface area contributed by atoms with Gasteiger partial charge in [-0.25, -0.2) is 0 Å². The first kappa shape index (κ1) is 21.5. The molecular weight excluding hydrogens is 451 g/mol. The SMILES string of the molecule is CN1c2ccc(C#CCc3ccncc3)cc2C(=O)/C(=C\c2ccc(Cl)c(Cl)c2)[S+]1[O-]. The van der Waals surface area contributed by atoms with Crippen LogP contribution >= 0.6 is 23.2 Å². The number of hydrogen-bond acceptors (Lipinski definition) is 4. The van der Waals surface area contributed by atoms with Crippen molar-refractivity contribution in [3.8, 4) is 11.8 Å². The summed E-state index contributed by atoms with van der Waals surface area (Å²) < 4.78 is 14.5. The molecular formula is C24H16Cl2N2O2S. The van der Waals surface area contributed by atoms with Gasteiger partial charge in [0.25, 0.3) is 0 Å². The van der Waals surface area contributed by atoms with E-state index in [2.05, 4.69) is 16.8 Å². The lowest BCUT2D eigenvalue weighted by molar-refractivity contribution is 0.104. The Bertz CT molecular complexity index is 1250. The van der Waals surface area contributed by atoms with Crippen molar-refractivity contribution < 1.29 is 9.35 Å². The summed E-state index contributed by atoms with van der Waals surface area (Å²) in [7, 11) is 1.69. The fourth-order valence-electron chi connectivity index (χ4n) is 3.14. The number of Topliss-reactive ketones (excluding diaryl/α,β-unsaturated/α-hetero) is 1. The molecule has 4 nitrogen and oxygen atoms in total. The molecule has 3 aromatic rings. The van der Waals surface area contributed by atoms with Crippen molar-refractivity contribution in [2.75, 3.05) is 11.4 Å². The van der Waals surface area contributed by atoms with E-state index in [4.69, 9.17) is 23.2 Å². The smallest absolute Gasteiger partial charge is 0.245 e. The van der Waals surface area contributed by atoms with Crippen molar-refractivity contribution in [3.63, 3.8) is 0 Å². The minimum absolute atomic E-state index is 0.176. The van der Waals surface area contributed by atoms with E-state index in [0.717, 1.165) is 11.1 Å². The van der Waals surface area contributed by atoms with Gasteiger partial charge in [0.05, 0.1) is 28.3 Å². The number of fused-ring (bicyclic) bond motifs is 1. The number of benzene rings is 2. The van der Waals surface area contributed by atoms with Crippen LogP contribution in [0, 0.1) is 11.8 Å². The van der Waals surface area contributed by atoms with Crippen LogP contribution in [0.15, 0.2) is 65.8 Å². The summed E-state index contributed by atoms with van der Waals surface area (Å²) in [4.78, 5) is 17.3. The number of hydrogen-bond donors (Lipinski definition) is 0. The topological polar surface area (TPSA) is 56.3 Å². The highest BCUT2D eigenvalue weighted by atomic mass is 35.5. The number of nitrogens with zero attached hydrogens (tertiary/aromatic N) is 2. The normalized spacial score (nSPS) is 16.6. The van der Waals surface area contributed by atoms with E-state index in [1.807, 2.05) is 18.2 Å². The maximum absolute atomic E-state index is 13.2. The van der Waals surface area contributed by atoms with Crippen molar-refractivity contribution in [2.24, 2.45) is 0 Å². The van der Waals surface area contributed by atoms with Gasteiger partial charge in [-0.1, -0.05) is 41.1 Å². The lowest BCUT2D eigenvalue weighted by atomic mass is 10.0. The van der Waals surface area contributed by atoms with E-state index in [-0.39, 0.29) is 10.7 Å². The average Bonchev–Trinajstić information content (AvgIpc) is 2.78. The van der Waals surface area contributed by atoms with E-state index in [0.29, 0.717) is 33.3 Å². The molecule has 1 aliphatic rings. The Morgan fingerprint density at radius 1 is 1.10 bits per heavy atom. The molecule has 0 spiro atoms. The van der Waals surface area contributed by atoms with Crippen LogP contribution < -0.4 is 4.31 Å². The Balaban J connectivity index is 1.66. The van der Waals surface area contributed by atoms with E-state index >= 15 is 0 Å². The van der Waals surface area contributed by atoms with Gasteiger partial charge >= 0.3 is 0 Å². The van der Waals surface area contributed by atoms with Crippen LogP contribution in [-0.2, 0) is 17.8 Å². The molecule has 0 N–H and O–H groups in total. The average molecular weight is 467 g/mol. The number of carbonyl (C=O) groups is 1. The standard InChI is InChI=1S/C24H16Cl2N2O2S/c1-28-22-8-6-17(4-2-3-16-9-11-27-12-10-16)13-19(22)24(29)23(31(28)30)15-18-5-7-20(25)21(26)14-18/h5-15H,3H2,1H3/b23-15+. The van der Waals surface area contributed by atoms with E-state index in [9.17, 15) is 9.35 Å². The van der Waals surface area contributed by atoms with Gasteiger partial charge in [0.1, 0.15) is 11.4 Å². The van der Waals surface area contributed by atoms with Crippen LogP contribution in [-0.4, -0.2) is 22.4 Å². The molecule has 0 amide bonds. The van der Waals surface area contributed by atoms with E-state index in [1.165, 1.54) is 0 Å². The molecule has 7 heteroatoms. The number of anilines is 1. The molecule has 1 atom stereocenters. The highest BCUT2D eigenvalue weighted by Gasteiger charge is 2.38. The zero-order valence-electron chi connectivity index (χ0n) is 16.4. The lowest BCUT2D eigenvalue weighted by Crippen LogP contribution is -2.36. The minimum Gasteiger partial charge on any atom is -0.588 e. The van der Waals surface area contributed by atoms with Gasteiger partial charge in [0.2, 0.25) is 10.7 Å². The molecule has 1 aromatic heterocycles. The highest BCUT2D eigenvalue weighted by Crippen LogP contribution is 2.35. The van der Waals surface area contributed by atoms with Crippen molar-refractivity contribution in [1.29, 1.82) is 0 Å². The fourth-order valence-corrected chi connectivity index (χ4v) is 4.58. The molecule has 1 unspecified atom stereocenters. The number of carbonyl (C=O) groups excluding carboxylic acids is 1. The van der Waals surface area contributed by atoms with Gasteiger partial charge in [-0.3, -0.25) is 9.78 Å². The van der Waals surface area contributed by atoms with Gasteiger partial charge in [0, 0.05) is 30.5 Å². The molecule has 0 saturated carbocycles. The quantitative estimate of drug-likeness (QED) is 0.291. The number of allylic oxidation sites excluding steroid dienone is 1. The molecule has 31 heavy (non-hydrogen) atoms. The predicted molar refractivity (Wildman–Crippen MR) is 127 cm³/mol. The van der Waals surface area contributed by atoms with Crippen molar-refractivity contribution >= 4 is 52.1 Å². The zero-order valence-corrected chi connectivity index (χ0v) is 18.8. The third-order valence-electron chi connectivity index (χ3n) is 4.76. The van der Waals surface area contributed by atoms with Crippen LogP contribution in [0.4, 0.5) is 5.69 Å². The third kappa shape index (κ3) is 4.63. The Kier molecular flexibility index (Phi) is 6.35. The fraction of sp³-hybridized carbons (Fsp3) is 0.0833. The molecule has 2 aromatic carbocycles. The van der Waals surface area contributed by atoms with Gasteiger partial charge < -0.3 is 4.55 Å². The van der Waals surface area contributed by atoms with Gasteiger partial charge in [0.15, 0.2) is 0 Å². The van der Waals surface area contributed by atoms with Gasteiger partial charge in [-0.2, -0.15) is 4.31 Å². The van der Waals surface area contributed by atoms with Crippen LogP contribution in [0.3, 0.4) is 0 Å². The summed E-state index contributed by atoms with van der Waals surface area (Å²) in [5.41, 5.74) is 3.50. The molecule has 154 valence electrons. The Morgan fingerprint density at radius 3 is 2.61 bits per heavy atom. The first-order valence-corrected chi connectivity index (χ1v) is 11.2. The maximum atomic E-state index is 13.2. The molecule has 0 radical (unpaired) electrons. The van der Waals surface area contributed by atoms with Gasteiger partial charge in [-0.05, 0) is 53.6 Å². The van der Waals surface area contributed by atoms with Crippen molar-refractivity contribution in [2.45, 2.75) is 6.42 Å². The molecule has 1 aliphatic heterocycles. The Morgan fingerprint density at radius 2 is 1.87 bits per heavy atom. The first-order chi connectivity index (χ1) is 14.9. The third-order valence-corrected chi connectivity index (χ3v) is 6.87. The maximum Gasteiger partial charge on any atom is 0.245 e. The number of pyridine rings is 1. The van der Waals surface area contributed by atoms with E-state index in [1.54, 1.807) is 60.2 Å². The molecule has 0 saturated heterocycles. The largest absolute Gasteiger partial charge is 0.588 e.